The first-order valence-corrected chi connectivity index (χ1v) is 6.31. The predicted octanol–water partition coefficient (Wildman–Crippen LogP) is 5.04. The standard InChI is InChI=1S/C17H21N/c1-5-8-9-12-16(14(4)6-2)17-13-10-11-15(7-3)18-17/h5,7-13H,3,6H2,1-2,4H3/b8-5-,12-9-,16-14?. The van der Waals surface area contributed by atoms with Crippen LogP contribution in [0.2, 0.25) is 0 Å². The third-order valence-electron chi connectivity index (χ3n) is 2.81. The summed E-state index contributed by atoms with van der Waals surface area (Å²) in [5.74, 6) is 0. The zero-order valence-electron chi connectivity index (χ0n) is 11.5. The Morgan fingerprint density at radius 3 is 2.72 bits per heavy atom. The molecule has 0 saturated carbocycles. The van der Waals surface area contributed by atoms with Crippen LogP contribution in [0.4, 0.5) is 0 Å². The lowest BCUT2D eigenvalue weighted by Crippen LogP contribution is -1.92. The average molecular weight is 239 g/mol. The summed E-state index contributed by atoms with van der Waals surface area (Å²) in [6, 6.07) is 6.03. The van der Waals surface area contributed by atoms with E-state index in [0.717, 1.165) is 17.8 Å². The summed E-state index contributed by atoms with van der Waals surface area (Å²) in [7, 11) is 0. The molecule has 0 unspecified atom stereocenters. The first-order valence-electron chi connectivity index (χ1n) is 6.31. The molecule has 0 atom stereocenters. The Balaban J connectivity index is 3.22. The number of nitrogens with zero attached hydrogens (tertiary/aromatic N) is 1. The first kappa shape index (κ1) is 14.2. The van der Waals surface area contributed by atoms with Crippen molar-refractivity contribution in [3.8, 4) is 0 Å². The van der Waals surface area contributed by atoms with Crippen molar-refractivity contribution in [3.05, 3.63) is 66.0 Å². The van der Waals surface area contributed by atoms with E-state index in [4.69, 9.17) is 0 Å². The normalized spacial score (nSPS) is 13.1. The summed E-state index contributed by atoms with van der Waals surface area (Å²) in [4.78, 5) is 4.59. The maximum Gasteiger partial charge on any atom is 0.0708 e. The van der Waals surface area contributed by atoms with Crippen LogP contribution in [0.15, 0.2) is 54.7 Å². The van der Waals surface area contributed by atoms with Crippen LogP contribution in [0.5, 0.6) is 0 Å². The molecule has 1 heteroatoms. The van der Waals surface area contributed by atoms with Gasteiger partial charge in [0.25, 0.3) is 0 Å². The van der Waals surface area contributed by atoms with Gasteiger partial charge >= 0.3 is 0 Å². The minimum Gasteiger partial charge on any atom is -0.248 e. The minimum atomic E-state index is 0.910. The topological polar surface area (TPSA) is 12.9 Å². The number of allylic oxidation sites excluding steroid dienone is 6. The van der Waals surface area contributed by atoms with Gasteiger partial charge in [0.2, 0.25) is 0 Å². The van der Waals surface area contributed by atoms with Crippen LogP contribution in [0, 0.1) is 0 Å². The van der Waals surface area contributed by atoms with E-state index in [2.05, 4.69) is 37.6 Å². The van der Waals surface area contributed by atoms with E-state index in [-0.39, 0.29) is 0 Å². The van der Waals surface area contributed by atoms with E-state index in [1.54, 1.807) is 6.08 Å². The minimum absolute atomic E-state index is 0.910. The third-order valence-corrected chi connectivity index (χ3v) is 2.81. The van der Waals surface area contributed by atoms with Gasteiger partial charge in [-0.3, -0.25) is 0 Å². The molecule has 0 radical (unpaired) electrons. The van der Waals surface area contributed by atoms with Crippen molar-refractivity contribution in [1.82, 2.24) is 4.98 Å². The molecule has 0 spiro atoms. The van der Waals surface area contributed by atoms with Crippen LogP contribution in [0.25, 0.3) is 11.6 Å². The van der Waals surface area contributed by atoms with Crippen molar-refractivity contribution >= 4 is 11.6 Å². The van der Waals surface area contributed by atoms with Gasteiger partial charge in [-0.15, -0.1) is 0 Å². The summed E-state index contributed by atoms with van der Waals surface area (Å²) < 4.78 is 0. The van der Waals surface area contributed by atoms with Gasteiger partial charge in [0, 0.05) is 0 Å². The van der Waals surface area contributed by atoms with Gasteiger partial charge in [0.05, 0.1) is 11.4 Å². The molecule has 18 heavy (non-hydrogen) atoms. The summed E-state index contributed by atoms with van der Waals surface area (Å²) in [6.45, 7) is 10.1. The average Bonchev–Trinajstić information content (AvgIpc) is 2.43. The second-order valence-corrected chi connectivity index (χ2v) is 4.08. The smallest absolute Gasteiger partial charge is 0.0708 e. The number of pyridine rings is 1. The molecule has 1 heterocycles. The molecule has 1 nitrogen and oxygen atoms in total. The molecular formula is C17H21N. The maximum absolute atomic E-state index is 4.59. The summed E-state index contributed by atoms with van der Waals surface area (Å²) in [5.41, 5.74) is 4.45. The van der Waals surface area contributed by atoms with Crippen molar-refractivity contribution in [2.24, 2.45) is 0 Å². The molecule has 0 aliphatic rings. The van der Waals surface area contributed by atoms with Crippen molar-refractivity contribution in [2.75, 3.05) is 0 Å². The Bertz CT molecular complexity index is 490. The highest BCUT2D eigenvalue weighted by Gasteiger charge is 2.03. The molecule has 94 valence electrons. The van der Waals surface area contributed by atoms with Gasteiger partial charge in [-0.2, -0.15) is 0 Å². The van der Waals surface area contributed by atoms with Crippen LogP contribution in [0.1, 0.15) is 38.6 Å². The molecule has 0 N–H and O–H groups in total. The highest BCUT2D eigenvalue weighted by molar-refractivity contribution is 5.75. The SMILES string of the molecule is C=Cc1cccc(C(/C=C\C=C/C)=C(C)CC)n1. The lowest BCUT2D eigenvalue weighted by Gasteiger charge is -2.07. The van der Waals surface area contributed by atoms with Crippen molar-refractivity contribution < 1.29 is 0 Å². The molecular weight excluding hydrogens is 218 g/mol. The fourth-order valence-corrected chi connectivity index (χ4v) is 1.61. The molecule has 1 rings (SSSR count). The Morgan fingerprint density at radius 2 is 2.11 bits per heavy atom. The monoisotopic (exact) mass is 239 g/mol. The second-order valence-electron chi connectivity index (χ2n) is 4.08. The number of rotatable bonds is 5. The summed E-state index contributed by atoms with van der Waals surface area (Å²) in [6.07, 6.45) is 11.0. The molecule has 0 bridgehead atoms. The lowest BCUT2D eigenvalue weighted by molar-refractivity contribution is 1.10. The van der Waals surface area contributed by atoms with Crippen molar-refractivity contribution in [3.63, 3.8) is 0 Å². The molecule has 0 saturated heterocycles. The predicted molar refractivity (Wildman–Crippen MR) is 81.2 cm³/mol. The summed E-state index contributed by atoms with van der Waals surface area (Å²) >= 11 is 0. The summed E-state index contributed by atoms with van der Waals surface area (Å²) in [5, 5.41) is 0. The number of hydrogen-bond donors (Lipinski definition) is 0. The fraction of sp³-hybridized carbons (Fsp3) is 0.235. The molecule has 1 aromatic heterocycles. The first-order chi connectivity index (χ1) is 8.72. The van der Waals surface area contributed by atoms with Crippen LogP contribution in [0.3, 0.4) is 0 Å². The molecule has 0 amide bonds. The highest BCUT2D eigenvalue weighted by atomic mass is 14.7. The lowest BCUT2D eigenvalue weighted by atomic mass is 10.0. The van der Waals surface area contributed by atoms with Crippen LogP contribution >= 0.6 is 0 Å². The van der Waals surface area contributed by atoms with E-state index < -0.39 is 0 Å². The van der Waals surface area contributed by atoms with Gasteiger partial charge in [-0.05, 0) is 44.1 Å². The van der Waals surface area contributed by atoms with E-state index >= 15 is 0 Å². The van der Waals surface area contributed by atoms with Crippen LogP contribution in [-0.2, 0) is 0 Å². The Kier molecular flexibility index (Phi) is 5.86. The van der Waals surface area contributed by atoms with Crippen LogP contribution in [-0.4, -0.2) is 4.98 Å². The zero-order chi connectivity index (χ0) is 13.4. The van der Waals surface area contributed by atoms with Gasteiger partial charge in [-0.1, -0.05) is 49.4 Å². The molecule has 0 aliphatic heterocycles. The van der Waals surface area contributed by atoms with Crippen molar-refractivity contribution in [2.45, 2.75) is 27.2 Å². The third kappa shape index (κ3) is 3.85. The van der Waals surface area contributed by atoms with Crippen molar-refractivity contribution in [1.29, 1.82) is 0 Å². The molecule has 0 aromatic carbocycles. The van der Waals surface area contributed by atoms with Gasteiger partial charge < -0.3 is 0 Å². The van der Waals surface area contributed by atoms with E-state index in [9.17, 15) is 0 Å². The van der Waals surface area contributed by atoms with E-state index in [1.165, 1.54) is 11.1 Å². The zero-order valence-corrected chi connectivity index (χ0v) is 11.5. The number of aromatic nitrogens is 1. The highest BCUT2D eigenvalue weighted by Crippen LogP contribution is 2.21. The fourth-order valence-electron chi connectivity index (χ4n) is 1.61. The number of hydrogen-bond acceptors (Lipinski definition) is 1. The second kappa shape index (κ2) is 7.44. The Labute approximate surface area is 110 Å². The molecule has 0 aliphatic carbocycles. The largest absolute Gasteiger partial charge is 0.248 e. The maximum atomic E-state index is 4.59. The quantitative estimate of drug-likeness (QED) is 0.656. The van der Waals surface area contributed by atoms with Gasteiger partial charge in [-0.25, -0.2) is 4.98 Å². The van der Waals surface area contributed by atoms with Gasteiger partial charge in [0.15, 0.2) is 0 Å². The van der Waals surface area contributed by atoms with E-state index in [0.29, 0.717) is 0 Å². The van der Waals surface area contributed by atoms with Crippen LogP contribution < -0.4 is 0 Å². The Morgan fingerprint density at radius 1 is 1.33 bits per heavy atom. The Hall–Kier alpha value is -1.89. The van der Waals surface area contributed by atoms with Gasteiger partial charge in [0.1, 0.15) is 0 Å². The molecule has 1 aromatic rings. The molecule has 0 fully saturated rings. The van der Waals surface area contributed by atoms with E-state index in [1.807, 2.05) is 37.3 Å².